The van der Waals surface area contributed by atoms with Gasteiger partial charge in [0.05, 0.1) is 35.1 Å². The lowest BCUT2D eigenvalue weighted by Gasteiger charge is -2.54. The van der Waals surface area contributed by atoms with Crippen molar-refractivity contribution < 1.29 is 9.53 Å². The molecule has 1 aliphatic carbocycles. The second-order valence-corrected chi connectivity index (χ2v) is 9.90. The van der Waals surface area contributed by atoms with Crippen molar-refractivity contribution in [2.24, 2.45) is 5.41 Å². The van der Waals surface area contributed by atoms with E-state index in [9.17, 15) is 4.79 Å². The zero-order valence-electron chi connectivity index (χ0n) is 18.3. The molecule has 2 aliphatic heterocycles. The summed E-state index contributed by atoms with van der Waals surface area (Å²) in [5, 5.41) is 11.9. The molecule has 2 N–H and O–H groups in total. The summed E-state index contributed by atoms with van der Waals surface area (Å²) in [7, 11) is 0. The number of nitrogens with zero attached hydrogens (tertiary/aromatic N) is 5. The van der Waals surface area contributed by atoms with Crippen LogP contribution in [0.15, 0.2) is 36.7 Å². The highest BCUT2D eigenvalue weighted by molar-refractivity contribution is 6.35. The van der Waals surface area contributed by atoms with Crippen LogP contribution in [-0.4, -0.2) is 58.5 Å². The normalized spacial score (nSPS) is 19.7. The molecule has 11 heteroatoms. The Balaban J connectivity index is 1.19. The van der Waals surface area contributed by atoms with Gasteiger partial charge in [0.25, 0.3) is 5.91 Å². The van der Waals surface area contributed by atoms with Gasteiger partial charge in [0.1, 0.15) is 6.61 Å². The predicted octanol–water partition coefficient (Wildman–Crippen LogP) is 3.68. The number of nitrogens with one attached hydrogen (secondary N) is 2. The minimum Gasteiger partial charge on any atom is -0.370 e. The van der Waals surface area contributed by atoms with E-state index in [0.29, 0.717) is 52.0 Å². The average Bonchev–Trinajstić information content (AvgIpc) is 3.15. The van der Waals surface area contributed by atoms with Crippen molar-refractivity contribution >= 4 is 46.4 Å². The molecule has 0 bridgehead atoms. The summed E-state index contributed by atoms with van der Waals surface area (Å²) in [6, 6.07) is 7.87. The van der Waals surface area contributed by atoms with Gasteiger partial charge >= 0.3 is 0 Å². The van der Waals surface area contributed by atoms with Crippen LogP contribution in [0, 0.1) is 5.41 Å². The summed E-state index contributed by atoms with van der Waals surface area (Å²) >= 11 is 12.9. The van der Waals surface area contributed by atoms with Crippen molar-refractivity contribution in [1.29, 1.82) is 0 Å². The van der Waals surface area contributed by atoms with E-state index in [4.69, 9.17) is 27.9 Å². The third-order valence-electron chi connectivity index (χ3n) is 6.82. The highest BCUT2D eigenvalue weighted by atomic mass is 35.5. The number of anilines is 3. The molecule has 2 aromatic heterocycles. The number of amides is 1. The smallest absolute Gasteiger partial charge is 0.253 e. The van der Waals surface area contributed by atoms with E-state index in [2.05, 4.69) is 25.7 Å². The number of hydrogen-bond acceptors (Lipinski definition) is 7. The fourth-order valence-electron chi connectivity index (χ4n) is 4.87. The van der Waals surface area contributed by atoms with Crippen LogP contribution >= 0.6 is 23.2 Å². The highest BCUT2D eigenvalue weighted by Gasteiger charge is 2.49. The highest BCUT2D eigenvalue weighted by Crippen LogP contribution is 2.51. The SMILES string of the molecule is O=C1COCCN1c1ccc(Nc2ncc(Cl)c(-c3cn(C4CC5(CNC5)C4)nc3Cl)n2)cc1. The lowest BCUT2D eigenvalue weighted by Crippen LogP contribution is -2.60. The minimum atomic E-state index is -0.0449. The van der Waals surface area contributed by atoms with E-state index >= 15 is 0 Å². The molecule has 3 fully saturated rings. The Morgan fingerprint density at radius 1 is 1.18 bits per heavy atom. The minimum absolute atomic E-state index is 0.0449. The molecule has 3 aliphatic rings. The number of carbonyl (C=O) groups is 1. The summed E-state index contributed by atoms with van der Waals surface area (Å²) in [4.78, 5) is 22.7. The first-order valence-corrected chi connectivity index (χ1v) is 12.0. The Bertz CT molecular complexity index is 1230. The van der Waals surface area contributed by atoms with Gasteiger partial charge in [0.2, 0.25) is 5.95 Å². The van der Waals surface area contributed by atoms with Crippen LogP contribution in [0.2, 0.25) is 10.2 Å². The molecule has 0 unspecified atom stereocenters. The summed E-state index contributed by atoms with van der Waals surface area (Å²) in [5.74, 6) is 0.345. The molecule has 4 heterocycles. The molecule has 9 nitrogen and oxygen atoms in total. The van der Waals surface area contributed by atoms with Crippen LogP contribution in [0.3, 0.4) is 0 Å². The molecular weight excluding hydrogens is 477 g/mol. The van der Waals surface area contributed by atoms with Gasteiger partial charge in [-0.05, 0) is 42.5 Å². The standard InChI is InChI=1S/C23H23Cl2N7O2/c24-18-9-27-22(28-14-1-3-15(4-2-14)31-5-6-34-11-19(31)33)29-20(18)17-10-32(30-21(17)25)16-7-23(8-16)12-26-13-23/h1-4,9-10,16,26H,5-8,11-13H2,(H,27,28,29). The predicted molar refractivity (Wildman–Crippen MR) is 130 cm³/mol. The zero-order chi connectivity index (χ0) is 23.3. The average molecular weight is 500 g/mol. The Morgan fingerprint density at radius 2 is 1.97 bits per heavy atom. The number of hydrogen-bond donors (Lipinski definition) is 2. The number of halogens is 2. The third-order valence-corrected chi connectivity index (χ3v) is 7.37. The van der Waals surface area contributed by atoms with Crippen LogP contribution in [0.1, 0.15) is 18.9 Å². The first-order valence-electron chi connectivity index (χ1n) is 11.2. The van der Waals surface area contributed by atoms with E-state index in [1.54, 1.807) is 11.1 Å². The monoisotopic (exact) mass is 499 g/mol. The molecule has 1 saturated carbocycles. The van der Waals surface area contributed by atoms with Gasteiger partial charge in [0, 0.05) is 37.2 Å². The first-order chi connectivity index (χ1) is 16.5. The zero-order valence-corrected chi connectivity index (χ0v) is 19.8. The third kappa shape index (κ3) is 3.92. The molecule has 1 amide bonds. The van der Waals surface area contributed by atoms with Gasteiger partial charge in [0.15, 0.2) is 5.15 Å². The number of rotatable bonds is 5. The Labute approximate surface area is 206 Å². The van der Waals surface area contributed by atoms with Crippen molar-refractivity contribution in [3.63, 3.8) is 0 Å². The summed E-state index contributed by atoms with van der Waals surface area (Å²) in [5.41, 5.74) is 3.27. The molecule has 3 aromatic rings. The Hall–Kier alpha value is -2.72. The lowest BCUT2D eigenvalue weighted by atomic mass is 9.62. The van der Waals surface area contributed by atoms with Crippen molar-refractivity contribution in [2.45, 2.75) is 18.9 Å². The second-order valence-electron chi connectivity index (χ2n) is 9.14. The molecule has 176 valence electrons. The maximum Gasteiger partial charge on any atom is 0.253 e. The Morgan fingerprint density at radius 3 is 2.68 bits per heavy atom. The molecular formula is C23H23Cl2N7O2. The number of ether oxygens (including phenoxy) is 1. The number of carbonyl (C=O) groups excluding carboxylic acids is 1. The van der Waals surface area contributed by atoms with Crippen molar-refractivity contribution in [3.8, 4) is 11.3 Å². The van der Waals surface area contributed by atoms with E-state index < -0.39 is 0 Å². The van der Waals surface area contributed by atoms with Gasteiger partial charge < -0.3 is 20.3 Å². The van der Waals surface area contributed by atoms with E-state index in [0.717, 1.165) is 37.3 Å². The number of aromatic nitrogens is 4. The quantitative estimate of drug-likeness (QED) is 0.552. The van der Waals surface area contributed by atoms with Gasteiger partial charge in [-0.2, -0.15) is 5.10 Å². The Kier molecular flexibility index (Phi) is 5.44. The number of morpholine rings is 1. The van der Waals surface area contributed by atoms with E-state index in [1.165, 1.54) is 0 Å². The molecule has 2 saturated heterocycles. The van der Waals surface area contributed by atoms with Crippen LogP contribution < -0.4 is 15.5 Å². The van der Waals surface area contributed by atoms with Crippen LogP contribution in [0.25, 0.3) is 11.3 Å². The van der Waals surface area contributed by atoms with E-state index in [1.807, 2.05) is 35.1 Å². The summed E-state index contributed by atoms with van der Waals surface area (Å²) in [6.45, 7) is 3.36. The lowest BCUT2D eigenvalue weighted by molar-refractivity contribution is -0.125. The van der Waals surface area contributed by atoms with Gasteiger partial charge in [-0.1, -0.05) is 23.2 Å². The molecule has 6 rings (SSSR count). The fraction of sp³-hybridized carbons (Fsp3) is 0.391. The summed E-state index contributed by atoms with van der Waals surface area (Å²) in [6.07, 6.45) is 5.69. The van der Waals surface area contributed by atoms with Crippen molar-refractivity contribution in [3.05, 3.63) is 46.8 Å². The fourth-order valence-corrected chi connectivity index (χ4v) is 5.29. The molecule has 34 heavy (non-hydrogen) atoms. The topological polar surface area (TPSA) is 97.2 Å². The van der Waals surface area contributed by atoms with Gasteiger partial charge in [-0.3, -0.25) is 9.48 Å². The maximum absolute atomic E-state index is 12.1. The molecule has 0 atom stereocenters. The van der Waals surface area contributed by atoms with Gasteiger partial charge in [-0.15, -0.1) is 0 Å². The molecule has 0 radical (unpaired) electrons. The number of benzene rings is 1. The largest absolute Gasteiger partial charge is 0.370 e. The van der Waals surface area contributed by atoms with Crippen molar-refractivity contribution in [1.82, 2.24) is 25.1 Å². The second kappa shape index (κ2) is 8.49. The summed E-state index contributed by atoms with van der Waals surface area (Å²) < 4.78 is 7.14. The van der Waals surface area contributed by atoms with Crippen molar-refractivity contribution in [2.75, 3.05) is 43.1 Å². The molecule has 1 spiro atoms. The van der Waals surface area contributed by atoms with Gasteiger partial charge in [-0.25, -0.2) is 9.97 Å². The first kappa shape index (κ1) is 21.8. The van der Waals surface area contributed by atoms with E-state index in [-0.39, 0.29) is 12.5 Å². The van der Waals surface area contributed by atoms with Crippen LogP contribution in [0.5, 0.6) is 0 Å². The molecule has 1 aromatic carbocycles. The maximum atomic E-state index is 12.1. The van der Waals surface area contributed by atoms with Crippen LogP contribution in [-0.2, 0) is 9.53 Å². The van der Waals surface area contributed by atoms with Crippen LogP contribution in [0.4, 0.5) is 17.3 Å².